The van der Waals surface area contributed by atoms with Crippen LogP contribution in [-0.2, 0) is 11.2 Å². The van der Waals surface area contributed by atoms with Gasteiger partial charge in [-0.3, -0.25) is 4.79 Å². The van der Waals surface area contributed by atoms with E-state index in [1.54, 1.807) is 18.2 Å². The minimum atomic E-state index is -0.361. The summed E-state index contributed by atoms with van der Waals surface area (Å²) in [6.45, 7) is 1.82. The molecule has 1 fully saturated rings. The number of carbonyl (C=O) groups excluding carboxylic acids is 1. The Morgan fingerprint density at radius 1 is 1.13 bits per heavy atom. The zero-order valence-electron chi connectivity index (χ0n) is 17.1. The summed E-state index contributed by atoms with van der Waals surface area (Å²) in [5, 5.41) is 0. The zero-order valence-corrected chi connectivity index (χ0v) is 17.1. The molecule has 1 amide bonds. The summed E-state index contributed by atoms with van der Waals surface area (Å²) < 4.78 is 30.9. The maximum atomic E-state index is 13.9. The third-order valence-corrected chi connectivity index (χ3v) is 5.77. The number of halogens is 1. The van der Waals surface area contributed by atoms with Crippen LogP contribution < -0.4 is 9.47 Å². The predicted molar refractivity (Wildman–Crippen MR) is 111 cm³/mol. The number of nitrogens with zero attached hydrogens (tertiary/aromatic N) is 2. The summed E-state index contributed by atoms with van der Waals surface area (Å²) in [7, 11) is 0. The summed E-state index contributed by atoms with van der Waals surface area (Å²) in [6.07, 6.45) is 4.05. The fourth-order valence-electron chi connectivity index (χ4n) is 4.25. The van der Waals surface area contributed by atoms with Gasteiger partial charge in [-0.2, -0.15) is 0 Å². The maximum Gasteiger partial charge on any atom is 0.223 e. The molecule has 160 valence electrons. The first-order valence-electron chi connectivity index (χ1n) is 10.6. The van der Waals surface area contributed by atoms with Crippen LogP contribution in [0.25, 0.3) is 11.3 Å². The topological polar surface area (TPSA) is 64.8 Å². The summed E-state index contributed by atoms with van der Waals surface area (Å²) in [5.41, 5.74) is 1.43. The predicted octanol–water partition coefficient (Wildman–Crippen LogP) is 4.55. The van der Waals surface area contributed by atoms with Gasteiger partial charge < -0.3 is 18.8 Å². The molecule has 2 aromatic carbocycles. The molecule has 0 aliphatic carbocycles. The van der Waals surface area contributed by atoms with Crippen molar-refractivity contribution in [1.29, 1.82) is 0 Å². The lowest BCUT2D eigenvalue weighted by Gasteiger charge is -2.26. The van der Waals surface area contributed by atoms with Crippen LogP contribution in [0.2, 0.25) is 0 Å². The number of ether oxygens (including phenoxy) is 2. The standard InChI is InChI=1S/C24H23FN2O4/c25-18-5-2-1-4-17(18)22-15-26-23(31-22)9-10-24(28)27-11-3-6-19(27)16-7-8-20-21(14-16)30-13-12-29-20/h1-2,4-5,7-8,14-15,19H,3,6,9-13H2/t19-/m1/s1. The van der Waals surface area contributed by atoms with E-state index in [4.69, 9.17) is 13.9 Å². The van der Waals surface area contributed by atoms with E-state index in [2.05, 4.69) is 4.98 Å². The molecule has 0 N–H and O–H groups in total. The zero-order chi connectivity index (χ0) is 21.2. The van der Waals surface area contributed by atoms with Crippen molar-refractivity contribution in [2.75, 3.05) is 19.8 Å². The lowest BCUT2D eigenvalue weighted by atomic mass is 10.0. The van der Waals surface area contributed by atoms with Gasteiger partial charge in [0, 0.05) is 19.4 Å². The average molecular weight is 422 g/mol. The normalized spacial score (nSPS) is 17.7. The summed E-state index contributed by atoms with van der Waals surface area (Å²) in [5.74, 6) is 1.99. The van der Waals surface area contributed by atoms with Crippen LogP contribution in [-0.4, -0.2) is 35.5 Å². The highest BCUT2D eigenvalue weighted by Crippen LogP contribution is 2.38. The lowest BCUT2D eigenvalue weighted by Crippen LogP contribution is -2.30. The quantitative estimate of drug-likeness (QED) is 0.604. The number of likely N-dealkylation sites (tertiary alicyclic amines) is 1. The molecule has 7 heteroatoms. The van der Waals surface area contributed by atoms with Crippen molar-refractivity contribution >= 4 is 5.91 Å². The first-order chi connectivity index (χ1) is 15.2. The third kappa shape index (κ3) is 4.00. The van der Waals surface area contributed by atoms with Gasteiger partial charge in [0.15, 0.2) is 23.1 Å². The Kier molecular flexibility index (Phi) is 5.32. The average Bonchev–Trinajstić information content (AvgIpc) is 3.47. The van der Waals surface area contributed by atoms with Crippen molar-refractivity contribution in [2.45, 2.75) is 31.7 Å². The minimum Gasteiger partial charge on any atom is -0.486 e. The number of aromatic nitrogens is 1. The number of oxazole rings is 1. The van der Waals surface area contributed by atoms with Crippen molar-refractivity contribution in [3.63, 3.8) is 0 Å². The van der Waals surface area contributed by atoms with Gasteiger partial charge in [0.2, 0.25) is 5.91 Å². The Labute approximate surface area is 179 Å². The van der Waals surface area contributed by atoms with E-state index in [-0.39, 0.29) is 24.2 Å². The number of benzene rings is 2. The molecule has 5 rings (SSSR count). The van der Waals surface area contributed by atoms with E-state index in [9.17, 15) is 9.18 Å². The van der Waals surface area contributed by atoms with Crippen molar-refractivity contribution in [2.24, 2.45) is 0 Å². The van der Waals surface area contributed by atoms with Crippen LogP contribution in [0.1, 0.15) is 36.8 Å². The molecule has 6 nitrogen and oxygen atoms in total. The van der Waals surface area contributed by atoms with Gasteiger partial charge in [0.1, 0.15) is 19.0 Å². The van der Waals surface area contributed by atoms with Crippen LogP contribution in [0, 0.1) is 5.82 Å². The van der Waals surface area contributed by atoms with E-state index in [1.165, 1.54) is 12.3 Å². The minimum absolute atomic E-state index is 0.0295. The monoisotopic (exact) mass is 422 g/mol. The second-order valence-corrected chi connectivity index (χ2v) is 7.75. The van der Waals surface area contributed by atoms with E-state index in [0.717, 1.165) is 36.4 Å². The molecule has 0 unspecified atom stereocenters. The van der Waals surface area contributed by atoms with Crippen molar-refractivity contribution < 1.29 is 23.1 Å². The number of rotatable bonds is 5. The number of fused-ring (bicyclic) bond motifs is 1. The molecule has 1 aromatic heterocycles. The second kappa shape index (κ2) is 8.41. The number of amides is 1. The first kappa shape index (κ1) is 19.6. The Bertz CT molecular complexity index is 1100. The highest BCUT2D eigenvalue weighted by Gasteiger charge is 2.30. The van der Waals surface area contributed by atoms with E-state index in [0.29, 0.717) is 36.8 Å². The van der Waals surface area contributed by atoms with E-state index < -0.39 is 0 Å². The van der Waals surface area contributed by atoms with Crippen molar-refractivity contribution in [1.82, 2.24) is 9.88 Å². The molecule has 1 atom stereocenters. The van der Waals surface area contributed by atoms with Gasteiger partial charge in [0.05, 0.1) is 17.8 Å². The first-order valence-corrected chi connectivity index (χ1v) is 10.6. The third-order valence-electron chi connectivity index (χ3n) is 5.77. The largest absolute Gasteiger partial charge is 0.486 e. The van der Waals surface area contributed by atoms with Crippen molar-refractivity contribution in [3.05, 3.63) is 65.9 Å². The fraction of sp³-hybridized carbons (Fsp3) is 0.333. The van der Waals surface area contributed by atoms with Gasteiger partial charge in [-0.25, -0.2) is 9.37 Å². The molecule has 0 bridgehead atoms. The van der Waals surface area contributed by atoms with Crippen molar-refractivity contribution in [3.8, 4) is 22.8 Å². The molecule has 0 saturated carbocycles. The number of carbonyl (C=O) groups is 1. The van der Waals surface area contributed by atoms with Crippen LogP contribution in [0.4, 0.5) is 4.39 Å². The molecule has 3 aromatic rings. The maximum absolute atomic E-state index is 13.9. The van der Waals surface area contributed by atoms with Crippen LogP contribution >= 0.6 is 0 Å². The van der Waals surface area contributed by atoms with Gasteiger partial charge in [-0.05, 0) is 42.7 Å². The molecule has 3 heterocycles. The number of hydrogen-bond donors (Lipinski definition) is 0. The Hall–Kier alpha value is -3.35. The molecular weight excluding hydrogens is 399 g/mol. The van der Waals surface area contributed by atoms with Gasteiger partial charge in [-0.15, -0.1) is 0 Å². The SMILES string of the molecule is O=C(CCc1ncc(-c2ccccc2F)o1)N1CCC[C@@H]1c1ccc2c(c1)OCCO2. The highest BCUT2D eigenvalue weighted by atomic mass is 19.1. The Balaban J connectivity index is 1.25. The smallest absolute Gasteiger partial charge is 0.223 e. The molecule has 1 saturated heterocycles. The lowest BCUT2D eigenvalue weighted by molar-refractivity contribution is -0.132. The Morgan fingerprint density at radius 3 is 2.84 bits per heavy atom. The summed E-state index contributed by atoms with van der Waals surface area (Å²) >= 11 is 0. The fourth-order valence-corrected chi connectivity index (χ4v) is 4.25. The molecule has 0 radical (unpaired) electrons. The number of aryl methyl sites for hydroxylation is 1. The molecular formula is C24H23FN2O4. The van der Waals surface area contributed by atoms with Gasteiger partial charge in [0.25, 0.3) is 0 Å². The van der Waals surface area contributed by atoms with Gasteiger partial charge in [-0.1, -0.05) is 18.2 Å². The molecule has 0 spiro atoms. The van der Waals surface area contributed by atoms with E-state index >= 15 is 0 Å². The second-order valence-electron chi connectivity index (χ2n) is 7.75. The number of hydrogen-bond acceptors (Lipinski definition) is 5. The van der Waals surface area contributed by atoms with Crippen LogP contribution in [0.3, 0.4) is 0 Å². The Morgan fingerprint density at radius 2 is 1.97 bits per heavy atom. The molecule has 31 heavy (non-hydrogen) atoms. The summed E-state index contributed by atoms with van der Waals surface area (Å²) in [4.78, 5) is 19.1. The van der Waals surface area contributed by atoms with Crippen LogP contribution in [0.15, 0.2) is 53.1 Å². The molecule has 2 aliphatic rings. The van der Waals surface area contributed by atoms with Crippen LogP contribution in [0.5, 0.6) is 11.5 Å². The van der Waals surface area contributed by atoms with E-state index in [1.807, 2.05) is 23.1 Å². The highest BCUT2D eigenvalue weighted by molar-refractivity contribution is 5.77. The summed E-state index contributed by atoms with van der Waals surface area (Å²) in [6, 6.07) is 12.3. The molecule has 2 aliphatic heterocycles. The van der Waals surface area contributed by atoms with Gasteiger partial charge >= 0.3 is 0 Å².